The van der Waals surface area contributed by atoms with E-state index >= 15 is 0 Å². The smallest absolute Gasteiger partial charge is 0.248 e. The van der Waals surface area contributed by atoms with Crippen molar-refractivity contribution in [3.8, 4) is 0 Å². The van der Waals surface area contributed by atoms with E-state index in [4.69, 9.17) is 11.6 Å². The molecule has 2 rings (SSSR count). The highest BCUT2D eigenvalue weighted by Crippen LogP contribution is 2.23. The first-order chi connectivity index (χ1) is 12.3. The van der Waals surface area contributed by atoms with Crippen LogP contribution < -0.4 is 4.90 Å². The summed E-state index contributed by atoms with van der Waals surface area (Å²) in [5, 5.41) is 0.536. The molecule has 0 aromatic heterocycles. The van der Waals surface area contributed by atoms with E-state index in [1.165, 1.54) is 9.80 Å². The fourth-order valence-electron chi connectivity index (χ4n) is 2.83. The van der Waals surface area contributed by atoms with E-state index in [1.807, 2.05) is 20.8 Å². The quantitative estimate of drug-likeness (QED) is 0.731. The maximum atomic E-state index is 12.7. The van der Waals surface area contributed by atoms with Gasteiger partial charge in [0.1, 0.15) is 13.2 Å². The summed E-state index contributed by atoms with van der Waals surface area (Å²) in [6, 6.07) is 6.98. The zero-order valence-corrected chi connectivity index (χ0v) is 16.3. The maximum absolute atomic E-state index is 12.7. The molecular weight excluding hydrogens is 354 g/mol. The Kier molecular flexibility index (Phi) is 7.03. The highest BCUT2D eigenvalue weighted by Gasteiger charge is 2.33. The molecular formula is C19H26ClN3O3. The first-order valence-electron chi connectivity index (χ1n) is 8.96. The number of amides is 3. The van der Waals surface area contributed by atoms with Gasteiger partial charge in [-0.15, -0.1) is 0 Å². The number of nitrogens with zero attached hydrogens (tertiary/aromatic N) is 3. The zero-order valence-electron chi connectivity index (χ0n) is 15.6. The lowest BCUT2D eigenvalue weighted by atomic mass is 10.1. The first kappa shape index (κ1) is 20.2. The normalized spacial score (nSPS) is 14.3. The molecule has 0 atom stereocenters. The number of hydrogen-bond donors (Lipinski definition) is 0. The van der Waals surface area contributed by atoms with E-state index in [-0.39, 0.29) is 43.4 Å². The number of halogens is 1. The number of carbonyl (C=O) groups excluding carboxylic acids is 3. The lowest BCUT2D eigenvalue weighted by molar-refractivity contribution is -0.142. The Morgan fingerprint density at radius 1 is 1.31 bits per heavy atom. The molecule has 0 N–H and O–H groups in total. The Morgan fingerprint density at radius 3 is 2.65 bits per heavy atom. The molecule has 1 saturated heterocycles. The molecule has 1 aliphatic heterocycles. The van der Waals surface area contributed by atoms with Gasteiger partial charge in [-0.2, -0.15) is 0 Å². The predicted octanol–water partition coefficient (Wildman–Crippen LogP) is 2.76. The zero-order chi connectivity index (χ0) is 19.3. The molecule has 7 heteroatoms. The van der Waals surface area contributed by atoms with Crippen molar-refractivity contribution in [2.45, 2.75) is 33.6 Å². The largest absolute Gasteiger partial charge is 0.333 e. The van der Waals surface area contributed by atoms with Crippen LogP contribution in [-0.2, 0) is 14.4 Å². The monoisotopic (exact) mass is 379 g/mol. The van der Waals surface area contributed by atoms with Crippen molar-refractivity contribution in [1.29, 1.82) is 0 Å². The van der Waals surface area contributed by atoms with Crippen LogP contribution in [0.15, 0.2) is 24.3 Å². The summed E-state index contributed by atoms with van der Waals surface area (Å²) in [5.41, 5.74) is 0.666. The van der Waals surface area contributed by atoms with Crippen molar-refractivity contribution in [3.05, 3.63) is 29.3 Å². The summed E-state index contributed by atoms with van der Waals surface area (Å²) >= 11 is 5.99. The van der Waals surface area contributed by atoms with Gasteiger partial charge >= 0.3 is 0 Å². The minimum Gasteiger partial charge on any atom is -0.333 e. The average Bonchev–Trinajstić information content (AvgIpc) is 2.99. The van der Waals surface area contributed by atoms with E-state index in [2.05, 4.69) is 0 Å². The van der Waals surface area contributed by atoms with Crippen LogP contribution in [0.1, 0.15) is 33.6 Å². The topological polar surface area (TPSA) is 60.9 Å². The summed E-state index contributed by atoms with van der Waals surface area (Å²) in [6.45, 7) is 6.45. The van der Waals surface area contributed by atoms with Gasteiger partial charge in [-0.25, -0.2) is 0 Å². The maximum Gasteiger partial charge on any atom is 0.248 e. The third-order valence-electron chi connectivity index (χ3n) is 4.33. The van der Waals surface area contributed by atoms with Crippen molar-refractivity contribution in [2.75, 3.05) is 31.2 Å². The standard InChI is InChI=1S/C19H26ClN3O3/c1-4-5-9-21(19(26)14(2)3)11-17(24)22-12-18(25)23(13-22)16-8-6-7-15(20)10-16/h6-8,10,14H,4-5,9,11-13H2,1-3H3. The van der Waals surface area contributed by atoms with E-state index < -0.39 is 0 Å². The van der Waals surface area contributed by atoms with Crippen LogP contribution in [0.5, 0.6) is 0 Å². The lowest BCUT2D eigenvalue weighted by Gasteiger charge is -2.26. The van der Waals surface area contributed by atoms with Gasteiger partial charge in [-0.3, -0.25) is 19.3 Å². The molecule has 1 aromatic rings. The molecule has 3 amide bonds. The summed E-state index contributed by atoms with van der Waals surface area (Å²) in [6.07, 6.45) is 1.79. The van der Waals surface area contributed by atoms with Crippen LogP contribution in [0, 0.1) is 5.92 Å². The van der Waals surface area contributed by atoms with Gasteiger partial charge in [0.2, 0.25) is 17.7 Å². The molecule has 6 nitrogen and oxygen atoms in total. The Morgan fingerprint density at radius 2 is 2.04 bits per heavy atom. The molecule has 142 valence electrons. The van der Waals surface area contributed by atoms with Crippen molar-refractivity contribution >= 4 is 35.0 Å². The van der Waals surface area contributed by atoms with Crippen molar-refractivity contribution < 1.29 is 14.4 Å². The molecule has 0 spiro atoms. The number of anilines is 1. The van der Waals surface area contributed by atoms with E-state index in [1.54, 1.807) is 29.2 Å². The second-order valence-corrected chi connectivity index (χ2v) is 7.24. The molecule has 1 aromatic carbocycles. The van der Waals surface area contributed by atoms with Crippen LogP contribution >= 0.6 is 11.6 Å². The number of unbranched alkanes of at least 4 members (excludes halogenated alkanes) is 1. The highest BCUT2D eigenvalue weighted by molar-refractivity contribution is 6.31. The van der Waals surface area contributed by atoms with Crippen LogP contribution in [0.4, 0.5) is 5.69 Å². The predicted molar refractivity (Wildman–Crippen MR) is 102 cm³/mol. The van der Waals surface area contributed by atoms with Gasteiger partial charge < -0.3 is 9.80 Å². The molecule has 0 saturated carbocycles. The van der Waals surface area contributed by atoms with Crippen molar-refractivity contribution in [2.24, 2.45) is 5.92 Å². The highest BCUT2D eigenvalue weighted by atomic mass is 35.5. The minimum atomic E-state index is -0.215. The molecule has 1 aliphatic rings. The molecule has 0 unspecified atom stereocenters. The van der Waals surface area contributed by atoms with Gasteiger partial charge in [0.25, 0.3) is 0 Å². The summed E-state index contributed by atoms with van der Waals surface area (Å²) < 4.78 is 0. The SMILES string of the molecule is CCCCN(CC(=O)N1CC(=O)N(c2cccc(Cl)c2)C1)C(=O)C(C)C. The third kappa shape index (κ3) is 4.97. The average molecular weight is 380 g/mol. The Labute approximate surface area is 159 Å². The van der Waals surface area contributed by atoms with E-state index in [0.717, 1.165) is 12.8 Å². The third-order valence-corrected chi connectivity index (χ3v) is 4.56. The summed E-state index contributed by atoms with van der Waals surface area (Å²) in [7, 11) is 0. The molecule has 26 heavy (non-hydrogen) atoms. The van der Waals surface area contributed by atoms with Crippen LogP contribution in [0.25, 0.3) is 0 Å². The minimum absolute atomic E-state index is 0.00762. The lowest BCUT2D eigenvalue weighted by Crippen LogP contribution is -2.44. The van der Waals surface area contributed by atoms with E-state index in [0.29, 0.717) is 17.3 Å². The summed E-state index contributed by atoms with van der Waals surface area (Å²) in [4.78, 5) is 41.9. The van der Waals surface area contributed by atoms with Gasteiger partial charge in [-0.1, -0.05) is 44.9 Å². The number of benzene rings is 1. The van der Waals surface area contributed by atoms with Gasteiger partial charge in [0, 0.05) is 23.2 Å². The second kappa shape index (κ2) is 9.03. The first-order valence-corrected chi connectivity index (χ1v) is 9.33. The van der Waals surface area contributed by atoms with E-state index in [9.17, 15) is 14.4 Å². The van der Waals surface area contributed by atoms with Crippen LogP contribution in [0.2, 0.25) is 5.02 Å². The summed E-state index contributed by atoms with van der Waals surface area (Å²) in [5.74, 6) is -0.573. The fourth-order valence-corrected chi connectivity index (χ4v) is 3.01. The molecule has 0 bridgehead atoms. The molecule has 1 heterocycles. The second-order valence-electron chi connectivity index (χ2n) is 6.80. The number of rotatable bonds is 7. The Bertz CT molecular complexity index is 678. The van der Waals surface area contributed by atoms with Gasteiger partial charge in [-0.05, 0) is 24.6 Å². The number of carbonyl (C=O) groups is 3. The van der Waals surface area contributed by atoms with Crippen LogP contribution in [-0.4, -0.2) is 53.8 Å². The molecule has 1 fully saturated rings. The van der Waals surface area contributed by atoms with Crippen molar-refractivity contribution in [1.82, 2.24) is 9.80 Å². The number of hydrogen-bond acceptors (Lipinski definition) is 3. The Balaban J connectivity index is 2.04. The Hall–Kier alpha value is -2.08. The molecule has 0 aliphatic carbocycles. The van der Waals surface area contributed by atoms with Gasteiger partial charge in [0.05, 0.1) is 6.54 Å². The molecule has 0 radical (unpaired) electrons. The van der Waals surface area contributed by atoms with Gasteiger partial charge in [0.15, 0.2) is 0 Å². The van der Waals surface area contributed by atoms with Crippen LogP contribution in [0.3, 0.4) is 0 Å². The fraction of sp³-hybridized carbons (Fsp3) is 0.526. The van der Waals surface area contributed by atoms with Crippen molar-refractivity contribution in [3.63, 3.8) is 0 Å².